The fourth-order valence-electron chi connectivity index (χ4n) is 10.8. The van der Waals surface area contributed by atoms with Crippen LogP contribution in [0.4, 0.5) is 4.79 Å². The van der Waals surface area contributed by atoms with Crippen LogP contribution in [0.5, 0.6) is 0 Å². The monoisotopic (exact) mass is 782 g/mol. The number of nitrogens with one attached hydrogen (secondary N) is 1. The normalized spacial score (nSPS) is 47.0. The minimum absolute atomic E-state index is 0.0397. The highest BCUT2D eigenvalue weighted by atomic mass is 16.7. The van der Waals surface area contributed by atoms with Crippen LogP contribution in [0.3, 0.4) is 0 Å². The predicted molar refractivity (Wildman–Crippen MR) is 199 cm³/mol. The van der Waals surface area contributed by atoms with Crippen LogP contribution >= 0.6 is 0 Å². The molecule has 1 amide bonds. The maximum atomic E-state index is 14.9. The van der Waals surface area contributed by atoms with Crippen LogP contribution in [0.2, 0.25) is 0 Å². The number of hydrogen-bond acceptors (Lipinski definition) is 13. The number of hydrogen-bond donors (Lipinski definition) is 4. The van der Waals surface area contributed by atoms with Gasteiger partial charge in [0.25, 0.3) is 0 Å². The van der Waals surface area contributed by atoms with Crippen molar-refractivity contribution in [3.63, 3.8) is 0 Å². The van der Waals surface area contributed by atoms with Gasteiger partial charge in [0, 0.05) is 35.5 Å². The third-order valence-electron chi connectivity index (χ3n) is 13.7. The summed E-state index contributed by atoms with van der Waals surface area (Å²) in [5.74, 6) is -5.13. The second kappa shape index (κ2) is 15.0. The van der Waals surface area contributed by atoms with Gasteiger partial charge in [-0.1, -0.05) is 50.6 Å². The van der Waals surface area contributed by atoms with Crippen LogP contribution in [0.15, 0.2) is 58.4 Å². The van der Waals surface area contributed by atoms with E-state index in [1.54, 1.807) is 26.8 Å². The molecule has 2 aliphatic heterocycles. The van der Waals surface area contributed by atoms with Crippen molar-refractivity contribution in [1.29, 1.82) is 0 Å². The Labute approximate surface area is 326 Å². The molecule has 15 nitrogen and oxygen atoms in total. The summed E-state index contributed by atoms with van der Waals surface area (Å²) in [6, 6.07) is -1.07. The Hall–Kier alpha value is -4.18. The minimum Gasteiger partial charge on any atom is -0.511 e. The molecule has 6 rings (SSSR count). The first-order chi connectivity index (χ1) is 26.2. The lowest BCUT2D eigenvalue weighted by Crippen LogP contribution is -2.65. The Kier molecular flexibility index (Phi) is 11.1. The summed E-state index contributed by atoms with van der Waals surface area (Å²) in [5.41, 5.74) is -4.40. The summed E-state index contributed by atoms with van der Waals surface area (Å²) in [5, 5.41) is 50.6. The number of Topliss-reactive ketones (excluding diaryl/α,β-unsaturated/α-hetero) is 1. The third kappa shape index (κ3) is 6.53. The minimum atomic E-state index is -2.10. The molecule has 0 aromatic carbocycles. The topological polar surface area (TPSA) is 221 Å². The van der Waals surface area contributed by atoms with Gasteiger partial charge in [-0.25, -0.2) is 9.59 Å². The molecule has 15 atom stereocenters. The van der Waals surface area contributed by atoms with Crippen molar-refractivity contribution in [2.45, 2.75) is 122 Å². The van der Waals surface area contributed by atoms with Crippen LogP contribution in [0.25, 0.3) is 0 Å². The number of methoxy groups -OCH3 is 1. The Morgan fingerprint density at radius 2 is 1.79 bits per heavy atom. The molecule has 1 spiro atoms. The molecule has 2 saturated heterocycles. The molecular formula is C41H54N2O13. The number of esters is 1. The third-order valence-corrected chi connectivity index (χ3v) is 13.7. The Bertz CT molecular complexity index is 1830. The zero-order chi connectivity index (χ0) is 41.2. The second-order valence-electron chi connectivity index (χ2n) is 17.2. The SMILES string of the molecule is COC(=O)NC1C(C)OC(OC2C/C=C(\C)C3C=CC4C(O)C(C)CC(C)C4C3(C)/C(O)=C3/C(=O)OC4(CC(C=O)=CC(O)C4/C=C/2C)C3=O)CC1(C)[N+](=O)[O-]. The Morgan fingerprint density at radius 1 is 1.09 bits per heavy atom. The summed E-state index contributed by atoms with van der Waals surface area (Å²) in [7, 11) is 1.15. The molecule has 15 unspecified atom stereocenters. The van der Waals surface area contributed by atoms with Gasteiger partial charge in [0.2, 0.25) is 11.3 Å². The molecule has 0 aromatic rings. The Balaban J connectivity index is 1.51. The lowest BCUT2D eigenvalue weighted by atomic mass is 9.49. The van der Waals surface area contributed by atoms with Gasteiger partial charge in [-0.2, -0.15) is 0 Å². The molecule has 3 fully saturated rings. The van der Waals surface area contributed by atoms with Crippen molar-refractivity contribution in [3.8, 4) is 0 Å². The average Bonchev–Trinajstić information content (AvgIpc) is 3.38. The maximum Gasteiger partial charge on any atom is 0.407 e. The van der Waals surface area contributed by atoms with E-state index in [1.165, 1.54) is 13.0 Å². The molecule has 0 radical (unpaired) electrons. The molecule has 306 valence electrons. The standard InChI is InChI=1S/C41H54N2O13/c1-19-9-12-29(55-30-17-39(6,43(51)52)34(23(5)54-30)42-38(50)53-8)20(2)14-27-28(45)15-24(18-44)16-41(27)36(48)31(37(49)56-41)35(47)40(7)26(19)11-10-25-32(40)21(3)13-22(4)33(25)46/h9-11,14-15,18,21-23,25-30,32-34,45-47H,12-13,16-17H2,1-8H3,(H,42,50)/b19-9+,20-14+,35-31-. The van der Waals surface area contributed by atoms with Crippen molar-refractivity contribution in [3.05, 3.63) is 68.5 Å². The number of aldehydes is 1. The van der Waals surface area contributed by atoms with Crippen LogP contribution in [0.1, 0.15) is 74.1 Å². The Morgan fingerprint density at radius 3 is 2.43 bits per heavy atom. The number of carbonyl (C=O) groups is 4. The number of allylic oxidation sites excluding steroid dienone is 3. The first-order valence-corrected chi connectivity index (χ1v) is 19.3. The number of nitrogens with zero attached hydrogens (tertiary/aromatic N) is 1. The quantitative estimate of drug-likeness (QED) is 0.0768. The highest BCUT2D eigenvalue weighted by molar-refractivity contribution is 6.26. The number of aliphatic hydroxyl groups excluding tert-OH is 3. The van der Waals surface area contributed by atoms with Gasteiger partial charge in [0.05, 0.1) is 43.9 Å². The molecule has 0 aromatic heterocycles. The first-order valence-electron chi connectivity index (χ1n) is 19.3. The average molecular weight is 783 g/mol. The molecule has 4 aliphatic carbocycles. The highest BCUT2D eigenvalue weighted by Crippen LogP contribution is 2.60. The second-order valence-corrected chi connectivity index (χ2v) is 17.2. The summed E-state index contributed by atoms with van der Waals surface area (Å²) >= 11 is 0. The zero-order valence-corrected chi connectivity index (χ0v) is 33.1. The molecule has 1 saturated carbocycles. The lowest BCUT2D eigenvalue weighted by Gasteiger charge is -2.55. The van der Waals surface area contributed by atoms with Gasteiger partial charge in [-0.05, 0) is 68.6 Å². The summed E-state index contributed by atoms with van der Waals surface area (Å²) < 4.78 is 23.4. The van der Waals surface area contributed by atoms with E-state index in [9.17, 15) is 44.6 Å². The number of carbonyl (C=O) groups excluding carboxylic acids is 4. The van der Waals surface area contributed by atoms with Crippen molar-refractivity contribution in [1.82, 2.24) is 5.32 Å². The van der Waals surface area contributed by atoms with Gasteiger partial charge in [0.1, 0.15) is 23.7 Å². The van der Waals surface area contributed by atoms with Gasteiger partial charge < -0.3 is 39.6 Å². The lowest BCUT2D eigenvalue weighted by molar-refractivity contribution is -0.584. The smallest absolute Gasteiger partial charge is 0.407 e. The number of nitro groups is 1. The van der Waals surface area contributed by atoms with E-state index in [-0.39, 0.29) is 36.7 Å². The van der Waals surface area contributed by atoms with E-state index in [1.807, 2.05) is 39.0 Å². The van der Waals surface area contributed by atoms with E-state index in [0.717, 1.165) is 12.7 Å². The van der Waals surface area contributed by atoms with Crippen LogP contribution in [0, 0.1) is 51.0 Å². The first kappa shape index (κ1) is 41.5. The van der Waals surface area contributed by atoms with Crippen molar-refractivity contribution in [2.75, 3.05) is 7.11 Å². The van der Waals surface area contributed by atoms with Crippen molar-refractivity contribution < 1.29 is 58.4 Å². The zero-order valence-electron chi connectivity index (χ0n) is 33.1. The fourth-order valence-corrected chi connectivity index (χ4v) is 10.8. The number of rotatable bonds is 5. The van der Waals surface area contributed by atoms with E-state index in [2.05, 4.69) is 5.32 Å². The summed E-state index contributed by atoms with van der Waals surface area (Å²) in [4.78, 5) is 65.3. The number of aliphatic hydroxyl groups is 3. The maximum absolute atomic E-state index is 14.9. The van der Waals surface area contributed by atoms with E-state index in [0.29, 0.717) is 18.3 Å². The molecule has 4 N–H and O–H groups in total. The summed E-state index contributed by atoms with van der Waals surface area (Å²) in [6.07, 6.45) is 3.32. The van der Waals surface area contributed by atoms with Gasteiger partial charge in [-0.3, -0.25) is 19.7 Å². The molecule has 15 heteroatoms. The summed E-state index contributed by atoms with van der Waals surface area (Å²) in [6.45, 7) is 12.4. The van der Waals surface area contributed by atoms with Gasteiger partial charge in [0.15, 0.2) is 11.9 Å². The molecule has 2 heterocycles. The van der Waals surface area contributed by atoms with Crippen LogP contribution in [-0.2, 0) is 33.3 Å². The molecule has 2 bridgehead atoms. The predicted octanol–water partition coefficient (Wildman–Crippen LogP) is 4.21. The fraction of sp³-hybridized carbons (Fsp3) is 0.659. The number of ketones is 1. The number of ether oxygens (including phenoxy) is 4. The highest BCUT2D eigenvalue weighted by Gasteiger charge is 2.64. The van der Waals surface area contributed by atoms with E-state index >= 15 is 0 Å². The van der Waals surface area contributed by atoms with Gasteiger partial charge >= 0.3 is 12.1 Å². The molecule has 6 aliphatic rings. The van der Waals surface area contributed by atoms with Crippen molar-refractivity contribution >= 4 is 24.1 Å². The van der Waals surface area contributed by atoms with Gasteiger partial charge in [-0.15, -0.1) is 0 Å². The van der Waals surface area contributed by atoms with E-state index < -0.39 is 111 Å². The van der Waals surface area contributed by atoms with Crippen molar-refractivity contribution in [2.24, 2.45) is 40.9 Å². The largest absolute Gasteiger partial charge is 0.511 e. The number of fused-ring (bicyclic) bond motifs is 4. The van der Waals surface area contributed by atoms with Crippen LogP contribution in [-0.4, -0.2) is 99.4 Å². The molecule has 56 heavy (non-hydrogen) atoms. The van der Waals surface area contributed by atoms with E-state index in [4.69, 9.17) is 18.9 Å². The van der Waals surface area contributed by atoms with Crippen LogP contribution < -0.4 is 5.32 Å². The number of amides is 1. The molecular weight excluding hydrogens is 728 g/mol. The number of alkyl carbamates (subject to hydrolysis) is 1.